The molecule has 0 aliphatic heterocycles. The van der Waals surface area contributed by atoms with Crippen molar-refractivity contribution in [2.24, 2.45) is 0 Å². The van der Waals surface area contributed by atoms with Crippen LogP contribution in [0, 0.1) is 0 Å². The summed E-state index contributed by atoms with van der Waals surface area (Å²) in [6, 6.07) is 4.83. The highest BCUT2D eigenvalue weighted by Crippen LogP contribution is 2.39. The Bertz CT molecular complexity index is 553. The van der Waals surface area contributed by atoms with Gasteiger partial charge in [0.15, 0.2) is 14.1 Å². The first kappa shape index (κ1) is 19.7. The first-order valence-corrected chi connectivity index (χ1v) is 10.8. The molecule has 0 aliphatic rings. The molecule has 22 heavy (non-hydrogen) atoms. The highest BCUT2D eigenvalue weighted by Gasteiger charge is 2.42. The van der Waals surface area contributed by atoms with Crippen LogP contribution in [0.2, 0.25) is 28.2 Å². The maximum Gasteiger partial charge on any atom is 0.193 e. The van der Waals surface area contributed by atoms with E-state index in [2.05, 4.69) is 20.8 Å². The third-order valence-corrected chi connectivity index (χ3v) is 9.39. The lowest BCUT2D eigenvalue weighted by Gasteiger charge is -2.39. The van der Waals surface area contributed by atoms with Crippen molar-refractivity contribution in [2.75, 3.05) is 0 Å². The second kappa shape index (κ2) is 7.01. The first-order valence-electron chi connectivity index (χ1n) is 7.18. The molecule has 0 unspecified atom stereocenters. The Morgan fingerprint density at radius 3 is 2.18 bits per heavy atom. The second-order valence-corrected chi connectivity index (χ2v) is 12.6. The van der Waals surface area contributed by atoms with Crippen LogP contribution in [0.5, 0.6) is 0 Å². The molecule has 0 amide bonds. The van der Waals surface area contributed by atoms with Crippen LogP contribution in [-0.2, 0) is 9.22 Å². The van der Waals surface area contributed by atoms with Crippen molar-refractivity contribution in [1.29, 1.82) is 0 Å². The maximum atomic E-state index is 12.0. The molecule has 0 saturated heterocycles. The molecular weight excluding hydrogens is 339 g/mol. The van der Waals surface area contributed by atoms with Gasteiger partial charge in [-0.25, -0.2) is 0 Å². The summed E-state index contributed by atoms with van der Waals surface area (Å²) in [5.41, 5.74) is 0.522. The lowest BCUT2D eigenvalue weighted by Crippen LogP contribution is -2.47. The molecule has 6 heteroatoms. The number of carbonyl (C=O) groups excluding carboxylic acids is 1. The number of rotatable bonds is 5. The van der Waals surface area contributed by atoms with E-state index in [4.69, 9.17) is 27.6 Å². The van der Waals surface area contributed by atoms with Gasteiger partial charge < -0.3 is 9.53 Å². The number of Topliss-reactive ketones (excluding diaryl/α,β-unsaturated/α-hetero) is 1. The minimum Gasteiger partial charge on any atom is -0.404 e. The number of benzene rings is 1. The quantitative estimate of drug-likeness (QED) is 0.749. The summed E-state index contributed by atoms with van der Waals surface area (Å²) in [6.07, 6.45) is -1.97. The van der Waals surface area contributed by atoms with E-state index < -0.39 is 20.5 Å². The maximum absolute atomic E-state index is 12.0. The van der Waals surface area contributed by atoms with E-state index in [1.54, 1.807) is 18.2 Å². The molecule has 0 aliphatic carbocycles. The Morgan fingerprint density at radius 1 is 1.23 bits per heavy atom. The van der Waals surface area contributed by atoms with Gasteiger partial charge in [-0.3, -0.25) is 4.79 Å². The van der Waals surface area contributed by atoms with E-state index >= 15 is 0 Å². The van der Waals surface area contributed by atoms with Crippen molar-refractivity contribution in [3.63, 3.8) is 0 Å². The second-order valence-electron chi connectivity index (χ2n) is 7.03. The lowest BCUT2D eigenvalue weighted by molar-refractivity contribution is -0.129. The molecule has 1 rings (SSSR count). The zero-order valence-electron chi connectivity index (χ0n) is 13.9. The average Bonchev–Trinajstić information content (AvgIpc) is 2.37. The summed E-state index contributed by atoms with van der Waals surface area (Å²) < 4.78 is 6.11. The van der Waals surface area contributed by atoms with Crippen LogP contribution in [0.25, 0.3) is 0 Å². The topological polar surface area (TPSA) is 46.5 Å². The summed E-state index contributed by atoms with van der Waals surface area (Å²) in [5, 5.41) is 11.3. The Morgan fingerprint density at radius 2 is 1.77 bits per heavy atom. The highest BCUT2D eigenvalue weighted by molar-refractivity contribution is 6.74. The number of hydrogen-bond donors (Lipinski definition) is 1. The van der Waals surface area contributed by atoms with Crippen LogP contribution in [0.3, 0.4) is 0 Å². The molecule has 0 spiro atoms. The molecule has 0 fully saturated rings. The van der Waals surface area contributed by atoms with E-state index in [1.807, 2.05) is 13.1 Å². The molecule has 1 aromatic rings. The van der Waals surface area contributed by atoms with Crippen LogP contribution in [0.15, 0.2) is 18.2 Å². The van der Waals surface area contributed by atoms with Gasteiger partial charge in [-0.15, -0.1) is 0 Å². The Kier molecular flexibility index (Phi) is 6.27. The van der Waals surface area contributed by atoms with E-state index in [0.29, 0.717) is 15.6 Å². The molecule has 1 aromatic carbocycles. The van der Waals surface area contributed by atoms with Crippen LogP contribution in [-0.4, -0.2) is 25.3 Å². The van der Waals surface area contributed by atoms with Crippen molar-refractivity contribution >= 4 is 37.3 Å². The van der Waals surface area contributed by atoms with E-state index in [-0.39, 0.29) is 10.8 Å². The Labute approximate surface area is 143 Å². The minimum atomic E-state index is -2.19. The summed E-state index contributed by atoms with van der Waals surface area (Å²) in [6.45, 7) is 11.8. The highest BCUT2D eigenvalue weighted by atomic mass is 35.5. The van der Waals surface area contributed by atoms with Gasteiger partial charge in [0, 0.05) is 0 Å². The van der Waals surface area contributed by atoms with Gasteiger partial charge in [0.05, 0.1) is 10.0 Å². The van der Waals surface area contributed by atoms with E-state index in [1.165, 1.54) is 6.92 Å². The number of ketones is 1. The molecular formula is C16H24Cl2O3Si. The number of aliphatic hydroxyl groups is 1. The largest absolute Gasteiger partial charge is 0.404 e. The molecule has 0 bridgehead atoms. The molecule has 124 valence electrons. The number of carbonyl (C=O) groups is 1. The molecule has 0 saturated carbocycles. The standard InChI is InChI=1S/C16H24Cl2O3Si/c1-10(19)15(21-22(5,6)16(2,3)4)14(20)11-7-8-12(17)13(18)9-11/h7-9,14-15,20H,1-6H3/t14-,15-/m0/s1. The predicted octanol–water partition coefficient (Wildman–Crippen LogP) is 5.01. The average molecular weight is 363 g/mol. The molecule has 3 nitrogen and oxygen atoms in total. The van der Waals surface area contributed by atoms with Crippen molar-refractivity contribution in [3.8, 4) is 0 Å². The molecule has 0 aromatic heterocycles. The van der Waals surface area contributed by atoms with Gasteiger partial charge in [0.2, 0.25) is 0 Å². The van der Waals surface area contributed by atoms with Crippen molar-refractivity contribution in [3.05, 3.63) is 33.8 Å². The number of hydrogen-bond acceptors (Lipinski definition) is 3. The predicted molar refractivity (Wildman–Crippen MR) is 94.2 cm³/mol. The van der Waals surface area contributed by atoms with Gasteiger partial charge in [-0.2, -0.15) is 0 Å². The van der Waals surface area contributed by atoms with Gasteiger partial charge in [-0.05, 0) is 42.8 Å². The van der Waals surface area contributed by atoms with Gasteiger partial charge in [-0.1, -0.05) is 50.0 Å². The van der Waals surface area contributed by atoms with E-state index in [9.17, 15) is 9.90 Å². The van der Waals surface area contributed by atoms with Crippen LogP contribution >= 0.6 is 23.2 Å². The Balaban J connectivity index is 3.10. The Hall–Kier alpha value is -0.393. The van der Waals surface area contributed by atoms with Crippen LogP contribution < -0.4 is 0 Å². The fraction of sp³-hybridized carbons (Fsp3) is 0.562. The van der Waals surface area contributed by atoms with Crippen molar-refractivity contribution < 1.29 is 14.3 Å². The first-order chi connectivity index (χ1) is 9.86. The third-order valence-electron chi connectivity index (χ3n) is 4.20. The summed E-state index contributed by atoms with van der Waals surface area (Å²) in [5.74, 6) is -0.205. The molecule has 2 atom stereocenters. The van der Waals surface area contributed by atoms with Gasteiger partial charge in [0.1, 0.15) is 12.2 Å². The van der Waals surface area contributed by atoms with Gasteiger partial charge >= 0.3 is 0 Å². The summed E-state index contributed by atoms with van der Waals surface area (Å²) in [4.78, 5) is 12.0. The summed E-state index contributed by atoms with van der Waals surface area (Å²) in [7, 11) is -2.19. The van der Waals surface area contributed by atoms with Crippen molar-refractivity contribution in [1.82, 2.24) is 0 Å². The zero-order valence-corrected chi connectivity index (χ0v) is 16.4. The fourth-order valence-electron chi connectivity index (χ4n) is 1.74. The van der Waals surface area contributed by atoms with Crippen molar-refractivity contribution in [2.45, 2.75) is 58.0 Å². The molecule has 1 N–H and O–H groups in total. The van der Waals surface area contributed by atoms with Crippen LogP contribution in [0.1, 0.15) is 39.4 Å². The number of aliphatic hydroxyl groups excluding tert-OH is 1. The monoisotopic (exact) mass is 362 g/mol. The SMILES string of the molecule is CC(=O)[C@H](O[Si](C)(C)C(C)(C)C)[C@@H](O)c1ccc(Cl)c(Cl)c1. The fourth-order valence-corrected chi connectivity index (χ4v) is 3.32. The lowest BCUT2D eigenvalue weighted by atomic mass is 10.0. The minimum absolute atomic E-state index is 0.0575. The summed E-state index contributed by atoms with van der Waals surface area (Å²) >= 11 is 11.9. The number of halogens is 2. The van der Waals surface area contributed by atoms with Crippen LogP contribution in [0.4, 0.5) is 0 Å². The third kappa shape index (κ3) is 4.55. The molecule has 0 radical (unpaired) electrons. The normalized spacial score (nSPS) is 15.5. The smallest absolute Gasteiger partial charge is 0.193 e. The molecule has 0 heterocycles. The van der Waals surface area contributed by atoms with Gasteiger partial charge in [0.25, 0.3) is 0 Å². The zero-order chi connectivity index (χ0) is 17.3. The van der Waals surface area contributed by atoms with E-state index in [0.717, 1.165) is 0 Å².